The predicted molar refractivity (Wildman–Crippen MR) is 85.4 cm³/mol. The highest BCUT2D eigenvalue weighted by Gasteiger charge is 2.35. The Kier molecular flexibility index (Phi) is 2.94. The Morgan fingerprint density at radius 3 is 2.42 bits per heavy atom. The number of nitrogens with zero attached hydrogens (tertiary/aromatic N) is 1. The fourth-order valence-electron chi connectivity index (χ4n) is 3.10. The second-order valence-corrected chi connectivity index (χ2v) is 6.46. The zero-order valence-electron chi connectivity index (χ0n) is 11.6. The van der Waals surface area contributed by atoms with Gasteiger partial charge in [0, 0.05) is 27.8 Å². The molecule has 19 heavy (non-hydrogen) atoms. The van der Waals surface area contributed by atoms with Gasteiger partial charge in [-0.15, -0.1) is 0 Å². The molecule has 0 unspecified atom stereocenters. The summed E-state index contributed by atoms with van der Waals surface area (Å²) in [5.74, 6) is 0. The summed E-state index contributed by atoms with van der Waals surface area (Å²) in [4.78, 5) is 2.41. The van der Waals surface area contributed by atoms with Crippen molar-refractivity contribution in [2.45, 2.75) is 26.2 Å². The normalized spacial score (nSPS) is 15.9. The van der Waals surface area contributed by atoms with Crippen LogP contribution in [-0.4, -0.2) is 6.54 Å². The number of para-hydroxylation sites is 1. The number of fused-ring (bicyclic) bond motifs is 2. The van der Waals surface area contributed by atoms with Crippen molar-refractivity contribution < 1.29 is 0 Å². The van der Waals surface area contributed by atoms with E-state index in [-0.39, 0.29) is 5.41 Å². The molecule has 2 aromatic carbocycles. The molecule has 2 aromatic rings. The van der Waals surface area contributed by atoms with Gasteiger partial charge in [0.1, 0.15) is 0 Å². The van der Waals surface area contributed by atoms with Gasteiger partial charge >= 0.3 is 0 Å². The molecule has 0 saturated carbocycles. The lowest BCUT2D eigenvalue weighted by atomic mass is 9.74. The van der Waals surface area contributed by atoms with Crippen LogP contribution in [0.2, 0.25) is 0 Å². The van der Waals surface area contributed by atoms with E-state index in [1.807, 2.05) is 0 Å². The third kappa shape index (κ3) is 1.81. The van der Waals surface area contributed by atoms with Gasteiger partial charge in [-0.25, -0.2) is 0 Å². The number of hydrogen-bond acceptors (Lipinski definition) is 1. The Bertz CT molecular complexity index is 631. The molecule has 1 heterocycles. The van der Waals surface area contributed by atoms with E-state index in [4.69, 9.17) is 0 Å². The Hall–Kier alpha value is -1.28. The summed E-state index contributed by atoms with van der Waals surface area (Å²) in [5, 5.41) is 0. The largest absolute Gasteiger partial charge is 0.341 e. The highest BCUT2D eigenvalue weighted by molar-refractivity contribution is 9.10. The minimum Gasteiger partial charge on any atom is -0.341 e. The van der Waals surface area contributed by atoms with Crippen LogP contribution in [0.25, 0.3) is 0 Å². The third-order valence-corrected chi connectivity index (χ3v) is 4.60. The maximum atomic E-state index is 3.61. The van der Waals surface area contributed by atoms with Gasteiger partial charge in [-0.1, -0.05) is 48.0 Å². The maximum absolute atomic E-state index is 3.61. The summed E-state index contributed by atoms with van der Waals surface area (Å²) >= 11 is 3.61. The number of anilines is 2. The molecule has 0 N–H and O–H groups in total. The number of benzene rings is 2. The summed E-state index contributed by atoms with van der Waals surface area (Å²) in [7, 11) is 0. The molecule has 0 aliphatic carbocycles. The minimum absolute atomic E-state index is 0.0430. The topological polar surface area (TPSA) is 3.24 Å². The quantitative estimate of drug-likeness (QED) is 0.695. The van der Waals surface area contributed by atoms with Crippen molar-refractivity contribution in [3.05, 3.63) is 58.1 Å². The molecular formula is C17H18BrN. The molecule has 0 atom stereocenters. The summed E-state index contributed by atoms with van der Waals surface area (Å²) in [6.45, 7) is 7.82. The van der Waals surface area contributed by atoms with E-state index in [1.165, 1.54) is 22.5 Å². The Morgan fingerprint density at radius 1 is 1.00 bits per heavy atom. The van der Waals surface area contributed by atoms with E-state index in [0.717, 1.165) is 11.0 Å². The zero-order valence-corrected chi connectivity index (χ0v) is 13.2. The highest BCUT2D eigenvalue weighted by atomic mass is 79.9. The summed E-state index contributed by atoms with van der Waals surface area (Å²) in [6, 6.07) is 15.4. The van der Waals surface area contributed by atoms with E-state index in [0.29, 0.717) is 0 Å². The fraction of sp³-hybridized carbons (Fsp3) is 0.294. The van der Waals surface area contributed by atoms with Gasteiger partial charge in [-0.3, -0.25) is 0 Å². The Balaban J connectivity index is 2.33. The molecule has 1 aliphatic rings. The number of halogens is 1. The molecule has 1 nitrogen and oxygen atoms in total. The molecule has 0 spiro atoms. The smallest absolute Gasteiger partial charge is 0.0453 e. The first-order chi connectivity index (χ1) is 9.05. The first-order valence-electron chi connectivity index (χ1n) is 6.72. The van der Waals surface area contributed by atoms with Crippen LogP contribution >= 0.6 is 15.9 Å². The Labute approximate surface area is 123 Å². The van der Waals surface area contributed by atoms with E-state index in [2.05, 4.69) is 84.1 Å². The van der Waals surface area contributed by atoms with Crippen molar-refractivity contribution in [1.82, 2.24) is 0 Å². The van der Waals surface area contributed by atoms with Gasteiger partial charge in [0.25, 0.3) is 0 Å². The van der Waals surface area contributed by atoms with E-state index in [9.17, 15) is 0 Å². The van der Waals surface area contributed by atoms with E-state index >= 15 is 0 Å². The number of rotatable bonds is 1. The molecule has 3 rings (SSSR count). The monoisotopic (exact) mass is 315 g/mol. The van der Waals surface area contributed by atoms with Gasteiger partial charge in [0.2, 0.25) is 0 Å². The van der Waals surface area contributed by atoms with Crippen LogP contribution in [0.15, 0.2) is 46.9 Å². The van der Waals surface area contributed by atoms with E-state index < -0.39 is 0 Å². The van der Waals surface area contributed by atoms with Crippen molar-refractivity contribution in [2.24, 2.45) is 0 Å². The van der Waals surface area contributed by atoms with Crippen LogP contribution in [0.5, 0.6) is 0 Å². The summed E-state index contributed by atoms with van der Waals surface area (Å²) in [5.41, 5.74) is 5.51. The zero-order chi connectivity index (χ0) is 13.6. The number of hydrogen-bond donors (Lipinski definition) is 0. The van der Waals surface area contributed by atoms with Gasteiger partial charge in [-0.05, 0) is 42.3 Å². The molecule has 0 amide bonds. The lowest BCUT2D eigenvalue weighted by molar-refractivity contribution is 0.625. The van der Waals surface area contributed by atoms with Crippen LogP contribution in [0.4, 0.5) is 11.4 Å². The van der Waals surface area contributed by atoms with Crippen molar-refractivity contribution in [1.29, 1.82) is 0 Å². The molecule has 0 radical (unpaired) electrons. The molecule has 0 saturated heterocycles. The molecule has 0 aromatic heterocycles. The maximum Gasteiger partial charge on any atom is 0.0453 e. The molecule has 98 valence electrons. The minimum atomic E-state index is 0.0430. The predicted octanol–water partition coefficient (Wildman–Crippen LogP) is 5.25. The molecular weight excluding hydrogens is 298 g/mol. The third-order valence-electron chi connectivity index (χ3n) is 4.11. The summed E-state index contributed by atoms with van der Waals surface area (Å²) in [6.07, 6.45) is 0. The summed E-state index contributed by atoms with van der Waals surface area (Å²) < 4.78 is 1.15. The molecule has 2 heteroatoms. The average molecular weight is 316 g/mol. The second kappa shape index (κ2) is 4.38. The standard InChI is InChI=1S/C17H18BrN/c1-4-19-15-8-6-5-7-13(15)17(2,3)14-11-12(18)9-10-16(14)19/h5-11H,4H2,1-3H3. The van der Waals surface area contributed by atoms with Crippen LogP contribution in [0.1, 0.15) is 31.9 Å². The van der Waals surface area contributed by atoms with Gasteiger partial charge in [0.15, 0.2) is 0 Å². The SMILES string of the molecule is CCN1c2ccccc2C(C)(C)c2cc(Br)ccc21. The van der Waals surface area contributed by atoms with Crippen LogP contribution in [0, 0.1) is 0 Å². The van der Waals surface area contributed by atoms with Crippen molar-refractivity contribution in [3.8, 4) is 0 Å². The van der Waals surface area contributed by atoms with Crippen molar-refractivity contribution >= 4 is 27.3 Å². The fourth-order valence-corrected chi connectivity index (χ4v) is 3.46. The molecule has 1 aliphatic heterocycles. The van der Waals surface area contributed by atoms with E-state index in [1.54, 1.807) is 0 Å². The van der Waals surface area contributed by atoms with Gasteiger partial charge in [-0.2, -0.15) is 0 Å². The first-order valence-corrected chi connectivity index (χ1v) is 7.52. The second-order valence-electron chi connectivity index (χ2n) is 5.55. The van der Waals surface area contributed by atoms with Crippen molar-refractivity contribution in [2.75, 3.05) is 11.4 Å². The van der Waals surface area contributed by atoms with Crippen molar-refractivity contribution in [3.63, 3.8) is 0 Å². The lowest BCUT2D eigenvalue weighted by Gasteiger charge is -2.41. The van der Waals surface area contributed by atoms with Crippen LogP contribution in [0.3, 0.4) is 0 Å². The molecule has 0 fully saturated rings. The Morgan fingerprint density at radius 2 is 1.68 bits per heavy atom. The van der Waals surface area contributed by atoms with Crippen LogP contribution in [-0.2, 0) is 5.41 Å². The average Bonchev–Trinajstić information content (AvgIpc) is 2.40. The molecule has 0 bridgehead atoms. The first kappa shape index (κ1) is 12.7. The van der Waals surface area contributed by atoms with Gasteiger partial charge < -0.3 is 4.90 Å². The van der Waals surface area contributed by atoms with Crippen LogP contribution < -0.4 is 4.90 Å². The highest BCUT2D eigenvalue weighted by Crippen LogP contribution is 2.49. The van der Waals surface area contributed by atoms with Gasteiger partial charge in [0.05, 0.1) is 0 Å². The lowest BCUT2D eigenvalue weighted by Crippen LogP contribution is -2.32.